The molecule has 0 aliphatic heterocycles. The summed E-state index contributed by atoms with van der Waals surface area (Å²) >= 11 is 6.67. The third kappa shape index (κ3) is 4.78. The van der Waals surface area contributed by atoms with Gasteiger partial charge in [-0.05, 0) is 47.5 Å². The minimum Gasteiger partial charge on any atom is -0.497 e. The van der Waals surface area contributed by atoms with E-state index in [9.17, 15) is 13.2 Å². The van der Waals surface area contributed by atoms with Crippen LogP contribution in [-0.2, 0) is 6.18 Å². The van der Waals surface area contributed by atoms with Crippen LogP contribution in [0.25, 0.3) is 10.4 Å². The third-order valence-electron chi connectivity index (χ3n) is 3.49. The van der Waals surface area contributed by atoms with E-state index < -0.39 is 11.9 Å². The zero-order valence-electron chi connectivity index (χ0n) is 13.9. The summed E-state index contributed by atoms with van der Waals surface area (Å²) in [6, 6.07) is 13.2. The molecule has 0 saturated carbocycles. The number of aromatic nitrogens is 1. The number of anilines is 1. The number of benzene rings is 2. The second kappa shape index (κ2) is 7.98. The molecule has 1 N–H and O–H groups in total. The van der Waals surface area contributed by atoms with Crippen molar-refractivity contribution in [3.63, 3.8) is 0 Å². The van der Waals surface area contributed by atoms with Gasteiger partial charge in [0.1, 0.15) is 5.75 Å². The smallest absolute Gasteiger partial charge is 0.434 e. The summed E-state index contributed by atoms with van der Waals surface area (Å²) in [5.41, 5.74) is 2.74. The number of hydrogen-bond acceptors (Lipinski definition) is 5. The Morgan fingerprint density at radius 3 is 2.37 bits per heavy atom. The molecule has 0 unspecified atom stereocenters. The first-order valence-electron chi connectivity index (χ1n) is 7.64. The van der Waals surface area contributed by atoms with Gasteiger partial charge in [-0.25, -0.2) is 4.98 Å². The highest BCUT2D eigenvalue weighted by Crippen LogP contribution is 2.42. The lowest BCUT2D eigenvalue weighted by molar-refractivity contribution is -0.140. The Hall–Kier alpha value is -2.58. The van der Waals surface area contributed by atoms with Crippen LogP contribution < -0.4 is 10.2 Å². The van der Waals surface area contributed by atoms with Gasteiger partial charge in [0.05, 0.1) is 18.2 Å². The van der Waals surface area contributed by atoms with Crippen LogP contribution in [-0.4, -0.2) is 18.3 Å². The van der Waals surface area contributed by atoms with Crippen LogP contribution in [0.4, 0.5) is 18.3 Å². The van der Waals surface area contributed by atoms with Crippen LogP contribution >= 0.6 is 22.9 Å². The maximum atomic E-state index is 13.3. The fraction of sp³-hybridized carbons (Fsp3) is 0.111. The van der Waals surface area contributed by atoms with Crippen molar-refractivity contribution in [3.8, 4) is 16.2 Å². The van der Waals surface area contributed by atoms with Gasteiger partial charge in [-0.2, -0.15) is 18.3 Å². The number of thiazole rings is 1. The number of ether oxygens (including phenoxy) is 1. The van der Waals surface area contributed by atoms with Crippen LogP contribution in [0.15, 0.2) is 53.6 Å². The molecule has 1 heterocycles. The van der Waals surface area contributed by atoms with Gasteiger partial charge in [0.2, 0.25) is 5.13 Å². The lowest BCUT2D eigenvalue weighted by Crippen LogP contribution is -2.07. The van der Waals surface area contributed by atoms with Crippen molar-refractivity contribution in [2.24, 2.45) is 5.10 Å². The predicted octanol–water partition coefficient (Wildman–Crippen LogP) is 5.94. The molecule has 3 aromatic rings. The van der Waals surface area contributed by atoms with Crippen molar-refractivity contribution in [2.45, 2.75) is 6.18 Å². The molecule has 0 spiro atoms. The Morgan fingerprint density at radius 2 is 1.78 bits per heavy atom. The van der Waals surface area contributed by atoms with Crippen LogP contribution in [0.3, 0.4) is 0 Å². The van der Waals surface area contributed by atoms with E-state index in [0.29, 0.717) is 16.3 Å². The fourth-order valence-electron chi connectivity index (χ4n) is 2.21. The molecule has 0 amide bonds. The van der Waals surface area contributed by atoms with E-state index in [-0.39, 0.29) is 10.0 Å². The highest BCUT2D eigenvalue weighted by atomic mass is 35.5. The zero-order chi connectivity index (χ0) is 19.4. The monoisotopic (exact) mass is 411 g/mol. The molecule has 0 fully saturated rings. The topological polar surface area (TPSA) is 46.5 Å². The molecular formula is C18H13ClF3N3OS. The summed E-state index contributed by atoms with van der Waals surface area (Å²) < 4.78 is 45.0. The van der Waals surface area contributed by atoms with Gasteiger partial charge in [0.25, 0.3) is 0 Å². The van der Waals surface area contributed by atoms with Gasteiger partial charge in [-0.15, -0.1) is 0 Å². The molecule has 0 aliphatic rings. The third-order valence-corrected chi connectivity index (χ3v) is 4.75. The lowest BCUT2D eigenvalue weighted by Gasteiger charge is -2.05. The SMILES string of the molecule is COc1ccc(/C=N/Nc2nc(C(F)(F)F)c(-c3ccc(Cl)cc3)s2)cc1. The number of methoxy groups -OCH3 is 1. The molecule has 3 rings (SSSR count). The molecule has 0 atom stereocenters. The number of nitrogens with zero attached hydrogens (tertiary/aromatic N) is 2. The minimum absolute atomic E-state index is 0.00122. The van der Waals surface area contributed by atoms with Crippen molar-refractivity contribution in [3.05, 3.63) is 64.8 Å². The highest BCUT2D eigenvalue weighted by molar-refractivity contribution is 7.19. The molecule has 0 bridgehead atoms. The largest absolute Gasteiger partial charge is 0.497 e. The molecule has 1 aromatic heterocycles. The maximum Gasteiger partial charge on any atom is 0.434 e. The molecule has 0 saturated heterocycles. The van der Waals surface area contributed by atoms with Crippen LogP contribution in [0.1, 0.15) is 11.3 Å². The second-order valence-electron chi connectivity index (χ2n) is 5.34. The molecule has 27 heavy (non-hydrogen) atoms. The molecule has 4 nitrogen and oxygen atoms in total. The average Bonchev–Trinajstić information content (AvgIpc) is 3.07. The second-order valence-corrected chi connectivity index (χ2v) is 6.78. The number of hydrazone groups is 1. The normalized spacial score (nSPS) is 11.7. The van der Waals surface area contributed by atoms with Gasteiger partial charge in [0, 0.05) is 5.02 Å². The first-order chi connectivity index (χ1) is 12.9. The lowest BCUT2D eigenvalue weighted by atomic mass is 10.1. The Labute approximate surface area is 162 Å². The maximum absolute atomic E-state index is 13.3. The van der Waals surface area contributed by atoms with Crippen LogP contribution in [0, 0.1) is 0 Å². The zero-order valence-corrected chi connectivity index (χ0v) is 15.5. The van der Waals surface area contributed by atoms with Crippen molar-refractivity contribution in [1.29, 1.82) is 0 Å². The van der Waals surface area contributed by atoms with Crippen molar-refractivity contribution >= 4 is 34.3 Å². The molecule has 140 valence electrons. The summed E-state index contributed by atoms with van der Waals surface area (Å²) in [5.74, 6) is 0.697. The standard InChI is InChI=1S/C18H13ClF3N3OS/c1-26-14-8-2-11(3-9-14)10-23-25-17-24-16(18(20,21)22)15(27-17)12-4-6-13(19)7-5-12/h2-10H,1H3,(H,24,25)/b23-10+. The quantitative estimate of drug-likeness (QED) is 0.417. The van der Waals surface area contributed by atoms with E-state index in [0.717, 1.165) is 16.9 Å². The number of alkyl halides is 3. The Bertz CT molecular complexity index is 938. The van der Waals surface area contributed by atoms with Gasteiger partial charge in [-0.3, -0.25) is 5.43 Å². The van der Waals surface area contributed by atoms with Crippen molar-refractivity contribution < 1.29 is 17.9 Å². The van der Waals surface area contributed by atoms with E-state index in [1.54, 1.807) is 31.4 Å². The van der Waals surface area contributed by atoms with E-state index in [1.807, 2.05) is 0 Å². The summed E-state index contributed by atoms with van der Waals surface area (Å²) in [5, 5.41) is 4.44. The Morgan fingerprint density at radius 1 is 1.11 bits per heavy atom. The van der Waals surface area contributed by atoms with E-state index in [2.05, 4.69) is 15.5 Å². The summed E-state index contributed by atoms with van der Waals surface area (Å²) in [6.45, 7) is 0. The fourth-order valence-corrected chi connectivity index (χ4v) is 3.28. The number of rotatable bonds is 5. The molecular weight excluding hydrogens is 399 g/mol. The predicted molar refractivity (Wildman–Crippen MR) is 102 cm³/mol. The number of nitrogens with one attached hydrogen (secondary N) is 1. The minimum atomic E-state index is -4.58. The molecule has 9 heteroatoms. The van der Waals surface area contributed by atoms with Crippen molar-refractivity contribution in [2.75, 3.05) is 12.5 Å². The highest BCUT2D eigenvalue weighted by Gasteiger charge is 2.38. The van der Waals surface area contributed by atoms with E-state index >= 15 is 0 Å². The Kier molecular flexibility index (Phi) is 5.67. The van der Waals surface area contributed by atoms with Gasteiger partial charge < -0.3 is 4.74 Å². The number of hydrogen-bond donors (Lipinski definition) is 1. The van der Waals surface area contributed by atoms with E-state index in [4.69, 9.17) is 16.3 Å². The first-order valence-corrected chi connectivity index (χ1v) is 8.83. The van der Waals surface area contributed by atoms with E-state index in [1.165, 1.54) is 30.5 Å². The van der Waals surface area contributed by atoms with Crippen molar-refractivity contribution in [1.82, 2.24) is 4.98 Å². The summed E-state index contributed by atoms with van der Waals surface area (Å²) in [6.07, 6.45) is -3.10. The first kappa shape index (κ1) is 19.2. The van der Waals surface area contributed by atoms with Gasteiger partial charge >= 0.3 is 6.18 Å². The number of halogens is 4. The summed E-state index contributed by atoms with van der Waals surface area (Å²) in [4.78, 5) is 3.66. The molecule has 0 radical (unpaired) electrons. The van der Waals surface area contributed by atoms with Crippen LogP contribution in [0.5, 0.6) is 5.75 Å². The average molecular weight is 412 g/mol. The van der Waals surface area contributed by atoms with Gasteiger partial charge in [-0.1, -0.05) is 35.1 Å². The Balaban J connectivity index is 1.83. The van der Waals surface area contributed by atoms with Crippen LogP contribution in [0.2, 0.25) is 5.02 Å². The molecule has 2 aromatic carbocycles. The molecule has 0 aliphatic carbocycles. The summed E-state index contributed by atoms with van der Waals surface area (Å²) in [7, 11) is 1.56. The van der Waals surface area contributed by atoms with Gasteiger partial charge in [0.15, 0.2) is 5.69 Å².